The van der Waals surface area contributed by atoms with E-state index in [-0.39, 0.29) is 0 Å². The Morgan fingerprint density at radius 2 is 1.44 bits per heavy atom. The first-order valence-electron chi connectivity index (χ1n) is 9.80. The Balaban J connectivity index is 1.78. The number of fused-ring (bicyclic) bond motifs is 4. The van der Waals surface area contributed by atoms with Crippen molar-refractivity contribution in [2.24, 2.45) is 5.92 Å². The maximum atomic E-state index is 2.40. The lowest BCUT2D eigenvalue weighted by Gasteiger charge is -2.13. The van der Waals surface area contributed by atoms with Crippen molar-refractivity contribution in [2.75, 3.05) is 0 Å². The van der Waals surface area contributed by atoms with Crippen LogP contribution in [0.15, 0.2) is 78.4 Å². The lowest BCUT2D eigenvalue weighted by atomic mass is 9.90. The van der Waals surface area contributed by atoms with Gasteiger partial charge in [0.25, 0.3) is 0 Å². The minimum Gasteiger partial charge on any atom is -0.0625 e. The van der Waals surface area contributed by atoms with Gasteiger partial charge in [0.1, 0.15) is 0 Å². The summed E-state index contributed by atoms with van der Waals surface area (Å²) in [5, 5.41) is 5.29. The van der Waals surface area contributed by atoms with Gasteiger partial charge in [-0.1, -0.05) is 92.2 Å². The Hall–Kier alpha value is -2.86. The molecule has 4 aromatic rings. The largest absolute Gasteiger partial charge is 0.0625 e. The lowest BCUT2D eigenvalue weighted by molar-refractivity contribution is 0.649. The van der Waals surface area contributed by atoms with Gasteiger partial charge in [0, 0.05) is 6.42 Å². The van der Waals surface area contributed by atoms with Crippen LogP contribution >= 0.6 is 0 Å². The number of benzene rings is 4. The van der Waals surface area contributed by atoms with E-state index in [1.165, 1.54) is 49.4 Å². The molecule has 1 radical (unpaired) electrons. The molecule has 0 heterocycles. The molecule has 4 aromatic carbocycles. The molecule has 0 nitrogen and oxygen atoms in total. The monoisotopic (exact) mass is 347 g/mol. The second-order valence-electron chi connectivity index (χ2n) is 7.96. The van der Waals surface area contributed by atoms with E-state index in [0.717, 1.165) is 6.42 Å². The van der Waals surface area contributed by atoms with Crippen LogP contribution in [0, 0.1) is 12.3 Å². The minimum atomic E-state index is 0.673. The van der Waals surface area contributed by atoms with Gasteiger partial charge in [0.05, 0.1) is 0 Å². The average molecular weight is 347 g/mol. The standard InChI is InChI=1S/C27H23/c1-18(2)14-19-15-20-9-7-13-25(26(20)16-19)27-17-21-8-3-4-10-22(21)23-11-5-6-12-24(23)27/h3-13,15-18H,14H2,1-2H3. The van der Waals surface area contributed by atoms with Gasteiger partial charge in [0.15, 0.2) is 0 Å². The van der Waals surface area contributed by atoms with Gasteiger partial charge in [-0.2, -0.15) is 0 Å². The van der Waals surface area contributed by atoms with Crippen molar-refractivity contribution < 1.29 is 0 Å². The first kappa shape index (κ1) is 16.3. The molecule has 0 bridgehead atoms. The zero-order valence-electron chi connectivity index (χ0n) is 15.9. The summed E-state index contributed by atoms with van der Waals surface area (Å²) in [7, 11) is 0. The molecule has 1 aliphatic carbocycles. The summed E-state index contributed by atoms with van der Waals surface area (Å²) in [6, 6.07) is 26.6. The summed E-state index contributed by atoms with van der Waals surface area (Å²) in [5.74, 6) is 0.673. The summed E-state index contributed by atoms with van der Waals surface area (Å²) in [6.07, 6.45) is 5.89. The third-order valence-electron chi connectivity index (χ3n) is 5.51. The highest BCUT2D eigenvalue weighted by Crippen LogP contribution is 2.41. The summed E-state index contributed by atoms with van der Waals surface area (Å²) in [6.45, 7) is 4.57. The van der Waals surface area contributed by atoms with E-state index in [9.17, 15) is 0 Å². The van der Waals surface area contributed by atoms with Crippen LogP contribution in [0.25, 0.3) is 38.7 Å². The molecule has 0 saturated carbocycles. The molecule has 27 heavy (non-hydrogen) atoms. The maximum Gasteiger partial charge on any atom is 0.0164 e. The molecule has 0 atom stereocenters. The van der Waals surface area contributed by atoms with Crippen molar-refractivity contribution in [3.8, 4) is 11.1 Å². The molecule has 0 spiro atoms. The quantitative estimate of drug-likeness (QED) is 0.334. The van der Waals surface area contributed by atoms with Crippen LogP contribution in [0.1, 0.15) is 31.4 Å². The van der Waals surface area contributed by atoms with Gasteiger partial charge < -0.3 is 0 Å². The second-order valence-corrected chi connectivity index (χ2v) is 7.96. The lowest BCUT2D eigenvalue weighted by Crippen LogP contribution is -1.90. The van der Waals surface area contributed by atoms with Gasteiger partial charge in [-0.15, -0.1) is 0 Å². The van der Waals surface area contributed by atoms with Crippen LogP contribution in [0.2, 0.25) is 0 Å². The van der Waals surface area contributed by atoms with Gasteiger partial charge in [-0.3, -0.25) is 0 Å². The van der Waals surface area contributed by atoms with Crippen LogP contribution in [0.3, 0.4) is 0 Å². The summed E-state index contributed by atoms with van der Waals surface area (Å²) in [4.78, 5) is 0. The van der Waals surface area contributed by atoms with Crippen LogP contribution in [0.4, 0.5) is 0 Å². The predicted molar refractivity (Wildman–Crippen MR) is 118 cm³/mol. The van der Waals surface area contributed by atoms with E-state index < -0.39 is 0 Å². The molecule has 0 amide bonds. The average Bonchev–Trinajstić information content (AvgIpc) is 3.09. The highest BCUT2D eigenvalue weighted by atomic mass is 14.2. The Bertz CT molecular complexity index is 1190. The number of hydrogen-bond donors (Lipinski definition) is 0. The fourth-order valence-electron chi connectivity index (χ4n) is 4.40. The molecule has 0 aliphatic heterocycles. The maximum absolute atomic E-state index is 2.40. The van der Waals surface area contributed by atoms with Gasteiger partial charge >= 0.3 is 0 Å². The first-order chi connectivity index (χ1) is 13.2. The fraction of sp³-hybridized carbons (Fsp3) is 0.148. The fourth-order valence-corrected chi connectivity index (χ4v) is 4.40. The Kier molecular flexibility index (Phi) is 3.86. The molecule has 5 rings (SSSR count). The second kappa shape index (κ2) is 6.39. The number of hydrogen-bond acceptors (Lipinski definition) is 0. The predicted octanol–water partition coefficient (Wildman–Crippen LogP) is 7.66. The summed E-state index contributed by atoms with van der Waals surface area (Å²) >= 11 is 0. The number of allylic oxidation sites excluding steroid dienone is 1. The Morgan fingerprint density at radius 3 is 2.26 bits per heavy atom. The third-order valence-corrected chi connectivity index (χ3v) is 5.51. The van der Waals surface area contributed by atoms with E-state index in [1.807, 2.05) is 0 Å². The SMILES string of the molecule is CC(C)CC1=Cc2c(cccc2-c2cc3ccccc3c3ccccc23)[CH]1. The van der Waals surface area contributed by atoms with Crippen molar-refractivity contribution in [1.82, 2.24) is 0 Å². The van der Waals surface area contributed by atoms with E-state index in [0.29, 0.717) is 5.92 Å². The van der Waals surface area contributed by atoms with E-state index in [1.54, 1.807) is 0 Å². The first-order valence-corrected chi connectivity index (χ1v) is 9.80. The van der Waals surface area contributed by atoms with Crippen molar-refractivity contribution in [1.29, 1.82) is 0 Å². The molecule has 0 saturated heterocycles. The Labute approximate surface area is 161 Å². The number of rotatable bonds is 3. The highest BCUT2D eigenvalue weighted by Gasteiger charge is 2.19. The van der Waals surface area contributed by atoms with Crippen molar-refractivity contribution in [3.05, 3.63) is 95.9 Å². The molecule has 0 aromatic heterocycles. The summed E-state index contributed by atoms with van der Waals surface area (Å²) in [5.41, 5.74) is 6.83. The molecule has 131 valence electrons. The van der Waals surface area contributed by atoms with E-state index in [4.69, 9.17) is 0 Å². The highest BCUT2D eigenvalue weighted by molar-refractivity contribution is 6.14. The minimum absolute atomic E-state index is 0.673. The van der Waals surface area contributed by atoms with Crippen molar-refractivity contribution in [3.63, 3.8) is 0 Å². The van der Waals surface area contributed by atoms with Gasteiger partial charge in [-0.25, -0.2) is 0 Å². The van der Waals surface area contributed by atoms with Crippen LogP contribution in [-0.2, 0) is 0 Å². The van der Waals surface area contributed by atoms with Gasteiger partial charge in [0.2, 0.25) is 0 Å². The molecule has 0 heteroatoms. The normalized spacial score (nSPS) is 13.4. The smallest absolute Gasteiger partial charge is 0.0164 e. The van der Waals surface area contributed by atoms with E-state index >= 15 is 0 Å². The Morgan fingerprint density at radius 1 is 0.704 bits per heavy atom. The topological polar surface area (TPSA) is 0 Å². The third kappa shape index (κ3) is 2.77. The molecule has 0 N–H and O–H groups in total. The molecule has 0 unspecified atom stereocenters. The van der Waals surface area contributed by atoms with Crippen LogP contribution < -0.4 is 0 Å². The molecule has 0 fully saturated rings. The molecular formula is C27H23. The molecular weight excluding hydrogens is 324 g/mol. The van der Waals surface area contributed by atoms with Crippen molar-refractivity contribution in [2.45, 2.75) is 20.3 Å². The van der Waals surface area contributed by atoms with Crippen molar-refractivity contribution >= 4 is 27.6 Å². The van der Waals surface area contributed by atoms with Gasteiger partial charge in [-0.05, 0) is 62.2 Å². The van der Waals surface area contributed by atoms with Crippen LogP contribution in [0.5, 0.6) is 0 Å². The zero-order valence-corrected chi connectivity index (χ0v) is 15.9. The molecule has 1 aliphatic rings. The summed E-state index contributed by atoms with van der Waals surface area (Å²) < 4.78 is 0. The zero-order chi connectivity index (χ0) is 18.4. The van der Waals surface area contributed by atoms with E-state index in [2.05, 4.69) is 99.1 Å². The van der Waals surface area contributed by atoms with Crippen LogP contribution in [-0.4, -0.2) is 0 Å².